The van der Waals surface area contributed by atoms with Crippen LogP contribution in [0.3, 0.4) is 0 Å². The number of nitrogens with zero attached hydrogens (tertiary/aromatic N) is 2. The van der Waals surface area contributed by atoms with Gasteiger partial charge in [0.2, 0.25) is 0 Å². The van der Waals surface area contributed by atoms with Gasteiger partial charge < -0.3 is 5.11 Å². The molecule has 0 fully saturated rings. The summed E-state index contributed by atoms with van der Waals surface area (Å²) in [6.45, 7) is 2.51. The number of aliphatic hydroxyl groups excluding tert-OH is 1. The van der Waals surface area contributed by atoms with Crippen LogP contribution >= 0.6 is 11.3 Å². The Bertz CT molecular complexity index is 349. The summed E-state index contributed by atoms with van der Waals surface area (Å²) in [4.78, 5) is 2.19. The highest BCUT2D eigenvalue weighted by Crippen LogP contribution is 2.11. The van der Waals surface area contributed by atoms with Crippen molar-refractivity contribution in [2.45, 2.75) is 13.1 Å². The van der Waals surface area contributed by atoms with Gasteiger partial charge in [-0.25, -0.2) is 0 Å². The highest BCUT2D eigenvalue weighted by Gasteiger charge is 2.07. The van der Waals surface area contributed by atoms with Crippen LogP contribution in [0.2, 0.25) is 0 Å². The van der Waals surface area contributed by atoms with Gasteiger partial charge in [0, 0.05) is 31.5 Å². The molecule has 0 aliphatic rings. The molecule has 0 saturated carbocycles. The Balaban J connectivity index is 1.94. The number of hydrogen-bond acceptors (Lipinski definition) is 4. The zero-order valence-corrected chi connectivity index (χ0v) is 9.78. The van der Waals surface area contributed by atoms with E-state index in [9.17, 15) is 0 Å². The van der Waals surface area contributed by atoms with Crippen LogP contribution in [0.5, 0.6) is 0 Å². The van der Waals surface area contributed by atoms with Gasteiger partial charge in [0.05, 0.1) is 6.61 Å². The predicted molar refractivity (Wildman–Crippen MR) is 64.1 cm³/mol. The first-order chi connectivity index (χ1) is 7.88. The number of H-pyrrole nitrogens is 1. The van der Waals surface area contributed by atoms with Crippen molar-refractivity contribution >= 4 is 11.3 Å². The molecule has 0 saturated heterocycles. The minimum Gasteiger partial charge on any atom is -0.395 e. The molecule has 2 aromatic rings. The topological polar surface area (TPSA) is 52.1 Å². The third-order valence-corrected chi connectivity index (χ3v) is 3.09. The standard InChI is InChI=1S/C11H15N3OS/c15-5-4-14(7-10-2-6-16-9-10)8-11-1-3-12-13-11/h1-3,6,9,15H,4-5,7-8H2,(H,12,13). The summed E-state index contributed by atoms with van der Waals surface area (Å²) in [5.74, 6) is 0. The van der Waals surface area contributed by atoms with E-state index < -0.39 is 0 Å². The van der Waals surface area contributed by atoms with E-state index in [1.165, 1.54) is 5.56 Å². The molecule has 0 atom stereocenters. The van der Waals surface area contributed by atoms with Gasteiger partial charge >= 0.3 is 0 Å². The van der Waals surface area contributed by atoms with E-state index >= 15 is 0 Å². The quantitative estimate of drug-likeness (QED) is 0.800. The van der Waals surface area contributed by atoms with E-state index in [1.807, 2.05) is 6.07 Å². The van der Waals surface area contributed by atoms with Gasteiger partial charge in [-0.3, -0.25) is 10.00 Å². The largest absolute Gasteiger partial charge is 0.395 e. The summed E-state index contributed by atoms with van der Waals surface area (Å²) in [5.41, 5.74) is 2.36. The van der Waals surface area contributed by atoms with Crippen molar-refractivity contribution in [2.24, 2.45) is 0 Å². The molecular formula is C11H15N3OS. The Morgan fingerprint density at radius 1 is 1.38 bits per heavy atom. The van der Waals surface area contributed by atoms with Crippen LogP contribution in [0.4, 0.5) is 0 Å². The fraction of sp³-hybridized carbons (Fsp3) is 0.364. The van der Waals surface area contributed by atoms with Crippen LogP contribution in [0.1, 0.15) is 11.3 Å². The first kappa shape index (κ1) is 11.3. The van der Waals surface area contributed by atoms with Crippen molar-refractivity contribution < 1.29 is 5.11 Å². The van der Waals surface area contributed by atoms with Crippen molar-refractivity contribution in [2.75, 3.05) is 13.2 Å². The van der Waals surface area contributed by atoms with Crippen LogP contribution in [-0.4, -0.2) is 33.4 Å². The maximum atomic E-state index is 9.03. The Hall–Kier alpha value is -1.17. The van der Waals surface area contributed by atoms with Crippen LogP contribution < -0.4 is 0 Å². The summed E-state index contributed by atoms with van der Waals surface area (Å²) in [5, 5.41) is 20.1. The molecule has 5 heteroatoms. The van der Waals surface area contributed by atoms with Gasteiger partial charge in [0.15, 0.2) is 0 Å². The summed E-state index contributed by atoms with van der Waals surface area (Å²) in [6, 6.07) is 4.07. The number of aliphatic hydroxyl groups is 1. The first-order valence-electron chi connectivity index (χ1n) is 5.21. The maximum absolute atomic E-state index is 9.03. The molecule has 2 N–H and O–H groups in total. The zero-order chi connectivity index (χ0) is 11.2. The van der Waals surface area contributed by atoms with Gasteiger partial charge in [-0.1, -0.05) is 0 Å². The highest BCUT2D eigenvalue weighted by atomic mass is 32.1. The van der Waals surface area contributed by atoms with E-state index in [0.29, 0.717) is 6.54 Å². The summed E-state index contributed by atoms with van der Waals surface area (Å²) >= 11 is 1.70. The Labute approximate surface area is 98.5 Å². The Morgan fingerprint density at radius 3 is 2.94 bits per heavy atom. The molecular weight excluding hydrogens is 222 g/mol. The van der Waals surface area contributed by atoms with E-state index in [4.69, 9.17) is 5.11 Å². The second kappa shape index (κ2) is 5.79. The molecule has 0 radical (unpaired) electrons. The number of hydrogen-bond donors (Lipinski definition) is 2. The highest BCUT2D eigenvalue weighted by molar-refractivity contribution is 7.07. The fourth-order valence-electron chi connectivity index (χ4n) is 1.61. The normalized spacial score (nSPS) is 11.1. The van der Waals surface area contributed by atoms with Crippen molar-refractivity contribution in [1.29, 1.82) is 0 Å². The van der Waals surface area contributed by atoms with Crippen LogP contribution in [-0.2, 0) is 13.1 Å². The van der Waals surface area contributed by atoms with Gasteiger partial charge in [0.1, 0.15) is 0 Å². The van der Waals surface area contributed by atoms with Gasteiger partial charge in [0.25, 0.3) is 0 Å². The van der Waals surface area contributed by atoms with Crippen LogP contribution in [0, 0.1) is 0 Å². The van der Waals surface area contributed by atoms with Crippen LogP contribution in [0.15, 0.2) is 29.1 Å². The monoisotopic (exact) mass is 237 g/mol. The van der Waals surface area contributed by atoms with E-state index in [-0.39, 0.29) is 6.61 Å². The number of nitrogens with one attached hydrogen (secondary N) is 1. The third kappa shape index (κ3) is 3.16. The fourth-order valence-corrected chi connectivity index (χ4v) is 2.27. The van der Waals surface area contributed by atoms with Crippen LogP contribution in [0.25, 0.3) is 0 Å². The molecule has 0 amide bonds. The predicted octanol–water partition coefficient (Wildman–Crippen LogP) is 1.47. The molecule has 0 unspecified atom stereocenters. The third-order valence-electron chi connectivity index (χ3n) is 2.35. The molecule has 2 aromatic heterocycles. The molecule has 16 heavy (non-hydrogen) atoms. The molecule has 0 spiro atoms. The molecule has 0 aliphatic carbocycles. The van der Waals surface area contributed by atoms with Gasteiger partial charge in [-0.2, -0.15) is 16.4 Å². The smallest absolute Gasteiger partial charge is 0.0558 e. The van der Waals surface area contributed by atoms with Crippen molar-refractivity contribution in [3.05, 3.63) is 40.3 Å². The lowest BCUT2D eigenvalue weighted by atomic mass is 10.3. The average Bonchev–Trinajstić information content (AvgIpc) is 2.91. The Morgan fingerprint density at radius 2 is 2.31 bits per heavy atom. The van der Waals surface area contributed by atoms with E-state index in [0.717, 1.165) is 18.8 Å². The number of aromatic nitrogens is 2. The van der Waals surface area contributed by atoms with E-state index in [2.05, 4.69) is 31.9 Å². The SMILES string of the molecule is OCCN(Cc1ccsc1)Cc1ccn[nH]1. The number of rotatable bonds is 6. The molecule has 0 aromatic carbocycles. The van der Waals surface area contributed by atoms with E-state index in [1.54, 1.807) is 17.5 Å². The maximum Gasteiger partial charge on any atom is 0.0558 e. The first-order valence-corrected chi connectivity index (χ1v) is 6.15. The lowest BCUT2D eigenvalue weighted by Crippen LogP contribution is -2.26. The zero-order valence-electron chi connectivity index (χ0n) is 8.97. The second-order valence-electron chi connectivity index (χ2n) is 3.65. The second-order valence-corrected chi connectivity index (χ2v) is 4.43. The summed E-state index contributed by atoms with van der Waals surface area (Å²) in [6.07, 6.45) is 1.75. The molecule has 0 aliphatic heterocycles. The Kier molecular flexibility index (Phi) is 4.10. The number of aromatic amines is 1. The molecule has 4 nitrogen and oxygen atoms in total. The van der Waals surface area contributed by atoms with Gasteiger partial charge in [-0.15, -0.1) is 0 Å². The minimum atomic E-state index is 0.179. The number of thiophene rings is 1. The molecule has 86 valence electrons. The molecule has 0 bridgehead atoms. The lowest BCUT2D eigenvalue weighted by molar-refractivity contribution is 0.183. The average molecular weight is 237 g/mol. The summed E-state index contributed by atoms with van der Waals surface area (Å²) in [7, 11) is 0. The summed E-state index contributed by atoms with van der Waals surface area (Å²) < 4.78 is 0. The molecule has 2 rings (SSSR count). The van der Waals surface area contributed by atoms with Gasteiger partial charge in [-0.05, 0) is 28.5 Å². The van der Waals surface area contributed by atoms with Crippen molar-refractivity contribution in [3.8, 4) is 0 Å². The molecule has 2 heterocycles. The van der Waals surface area contributed by atoms with Crippen molar-refractivity contribution in [1.82, 2.24) is 15.1 Å². The minimum absolute atomic E-state index is 0.179. The lowest BCUT2D eigenvalue weighted by Gasteiger charge is -2.19. The van der Waals surface area contributed by atoms with Crippen molar-refractivity contribution in [3.63, 3.8) is 0 Å².